The second-order valence-electron chi connectivity index (χ2n) is 10.4. The standard InChI is InChI=1S/C29H32N6O4S/c1-19-17-26(35(32-19)24-8-6-7-22(18-24)27(30)34(5)37)28(36)31-23-13-9-20(10-14-23)21-11-15-25(16-12-21)40(38,39)33-29(2,3)4/h6-18,30,33,37H,1-5H3,(H,31,36). The number of sulfonamides is 1. The molecule has 4 rings (SSSR count). The number of aromatic nitrogens is 2. The molecule has 0 atom stereocenters. The number of hydrogen-bond acceptors (Lipinski definition) is 6. The number of hydrogen-bond donors (Lipinski definition) is 4. The lowest BCUT2D eigenvalue weighted by atomic mass is 10.1. The maximum absolute atomic E-state index is 13.2. The molecule has 0 unspecified atom stereocenters. The minimum absolute atomic E-state index is 0.0883. The molecule has 0 radical (unpaired) electrons. The summed E-state index contributed by atoms with van der Waals surface area (Å²) in [5, 5.41) is 25.7. The van der Waals surface area contributed by atoms with E-state index in [4.69, 9.17) is 5.41 Å². The Morgan fingerprint density at radius 1 is 0.975 bits per heavy atom. The molecule has 0 saturated heterocycles. The van der Waals surface area contributed by atoms with Crippen molar-refractivity contribution in [1.82, 2.24) is 19.6 Å². The van der Waals surface area contributed by atoms with E-state index in [1.165, 1.54) is 11.7 Å². The maximum Gasteiger partial charge on any atom is 0.274 e. The molecule has 208 valence electrons. The molecule has 10 nitrogen and oxygen atoms in total. The van der Waals surface area contributed by atoms with Crippen LogP contribution in [0.15, 0.2) is 83.8 Å². The zero-order valence-electron chi connectivity index (χ0n) is 22.9. The molecular formula is C29H32N6O4S. The summed E-state index contributed by atoms with van der Waals surface area (Å²) in [7, 11) is -2.26. The molecule has 4 N–H and O–H groups in total. The number of aryl methyl sites for hydroxylation is 1. The van der Waals surface area contributed by atoms with Gasteiger partial charge in [-0.15, -0.1) is 0 Å². The van der Waals surface area contributed by atoms with Gasteiger partial charge in [-0.1, -0.05) is 36.4 Å². The third kappa shape index (κ3) is 6.63. The molecule has 11 heteroatoms. The number of amidine groups is 1. The van der Waals surface area contributed by atoms with Gasteiger partial charge in [0.05, 0.1) is 16.3 Å². The number of carbonyl (C=O) groups is 1. The molecular weight excluding hydrogens is 528 g/mol. The average molecular weight is 561 g/mol. The monoisotopic (exact) mass is 560 g/mol. The van der Waals surface area contributed by atoms with E-state index in [1.54, 1.807) is 94.4 Å². The van der Waals surface area contributed by atoms with E-state index < -0.39 is 15.6 Å². The van der Waals surface area contributed by atoms with Gasteiger partial charge in [-0.25, -0.2) is 22.9 Å². The van der Waals surface area contributed by atoms with Gasteiger partial charge in [0.1, 0.15) is 5.69 Å². The lowest BCUT2D eigenvalue weighted by molar-refractivity contribution is 0.0133. The van der Waals surface area contributed by atoms with E-state index in [0.29, 0.717) is 33.4 Å². The first-order valence-corrected chi connectivity index (χ1v) is 14.0. The van der Waals surface area contributed by atoms with Crippen molar-refractivity contribution in [2.75, 3.05) is 12.4 Å². The Balaban J connectivity index is 1.51. The van der Waals surface area contributed by atoms with Crippen LogP contribution in [0.4, 0.5) is 5.69 Å². The number of amides is 1. The molecule has 0 bridgehead atoms. The minimum atomic E-state index is -3.62. The average Bonchev–Trinajstić information content (AvgIpc) is 3.29. The Hall–Kier alpha value is -4.32. The second kappa shape index (κ2) is 11.0. The van der Waals surface area contributed by atoms with Gasteiger partial charge in [0, 0.05) is 23.8 Å². The molecule has 1 aromatic heterocycles. The lowest BCUT2D eigenvalue weighted by Gasteiger charge is -2.20. The van der Waals surface area contributed by atoms with Gasteiger partial charge < -0.3 is 5.32 Å². The van der Waals surface area contributed by atoms with E-state index in [2.05, 4.69) is 15.1 Å². The fraction of sp³-hybridized carbons (Fsp3) is 0.207. The number of nitrogens with one attached hydrogen (secondary N) is 3. The number of rotatable bonds is 7. The van der Waals surface area contributed by atoms with E-state index in [1.807, 2.05) is 12.1 Å². The first kappa shape index (κ1) is 28.7. The van der Waals surface area contributed by atoms with Crippen molar-refractivity contribution in [2.45, 2.75) is 38.1 Å². The smallest absolute Gasteiger partial charge is 0.274 e. The zero-order chi connectivity index (χ0) is 29.2. The predicted octanol–water partition coefficient (Wildman–Crippen LogP) is 4.82. The number of benzene rings is 3. The van der Waals surface area contributed by atoms with Gasteiger partial charge in [0.25, 0.3) is 5.91 Å². The van der Waals surface area contributed by atoms with Crippen LogP contribution >= 0.6 is 0 Å². The van der Waals surface area contributed by atoms with Gasteiger partial charge in [-0.3, -0.25) is 15.4 Å². The molecule has 1 heterocycles. The summed E-state index contributed by atoms with van der Waals surface area (Å²) >= 11 is 0. The van der Waals surface area contributed by atoms with Crippen molar-refractivity contribution >= 4 is 27.5 Å². The van der Waals surface area contributed by atoms with Gasteiger partial charge >= 0.3 is 0 Å². The van der Waals surface area contributed by atoms with Gasteiger partial charge in [0.2, 0.25) is 10.0 Å². The van der Waals surface area contributed by atoms with Crippen LogP contribution < -0.4 is 10.0 Å². The summed E-state index contributed by atoms with van der Waals surface area (Å²) in [4.78, 5) is 13.4. The van der Waals surface area contributed by atoms with Crippen molar-refractivity contribution in [2.24, 2.45) is 0 Å². The Kier molecular flexibility index (Phi) is 7.92. The SMILES string of the molecule is Cc1cc(C(=O)Nc2ccc(-c3ccc(S(=O)(=O)NC(C)(C)C)cc3)cc2)n(-c2cccc(C(=N)N(C)O)c2)n1. The van der Waals surface area contributed by atoms with Crippen LogP contribution in [0.25, 0.3) is 16.8 Å². The summed E-state index contributed by atoms with van der Waals surface area (Å²) in [6, 6.07) is 22.4. The predicted molar refractivity (Wildman–Crippen MR) is 155 cm³/mol. The van der Waals surface area contributed by atoms with Crippen LogP contribution in [-0.4, -0.2) is 52.8 Å². The van der Waals surface area contributed by atoms with Crippen LogP contribution in [0.2, 0.25) is 0 Å². The normalized spacial score (nSPS) is 11.8. The Labute approximate surface area is 233 Å². The molecule has 0 aliphatic rings. The number of carbonyl (C=O) groups excluding carboxylic acids is 1. The number of hydroxylamine groups is 2. The summed E-state index contributed by atoms with van der Waals surface area (Å²) in [6.45, 7) is 7.15. The lowest BCUT2D eigenvalue weighted by Crippen LogP contribution is -2.40. The second-order valence-corrected chi connectivity index (χ2v) is 12.1. The molecule has 3 aromatic carbocycles. The minimum Gasteiger partial charge on any atom is -0.321 e. The molecule has 0 aliphatic heterocycles. The third-order valence-corrected chi connectivity index (χ3v) is 7.61. The van der Waals surface area contributed by atoms with Gasteiger partial charge in [0.15, 0.2) is 5.84 Å². The fourth-order valence-electron chi connectivity index (χ4n) is 4.06. The van der Waals surface area contributed by atoms with Crippen LogP contribution in [0.1, 0.15) is 42.5 Å². The van der Waals surface area contributed by atoms with Crippen molar-refractivity contribution in [1.29, 1.82) is 5.41 Å². The van der Waals surface area contributed by atoms with Crippen molar-refractivity contribution < 1.29 is 18.4 Å². The highest BCUT2D eigenvalue weighted by Gasteiger charge is 2.22. The van der Waals surface area contributed by atoms with E-state index in [0.717, 1.165) is 11.1 Å². The highest BCUT2D eigenvalue weighted by atomic mass is 32.2. The first-order chi connectivity index (χ1) is 18.7. The molecule has 0 spiro atoms. The van der Waals surface area contributed by atoms with Crippen molar-refractivity contribution in [3.8, 4) is 16.8 Å². The maximum atomic E-state index is 13.2. The van der Waals surface area contributed by atoms with E-state index in [-0.39, 0.29) is 16.6 Å². The van der Waals surface area contributed by atoms with Crippen molar-refractivity contribution in [3.63, 3.8) is 0 Å². The van der Waals surface area contributed by atoms with Crippen LogP contribution in [0, 0.1) is 12.3 Å². The Bertz CT molecular complexity index is 1650. The topological polar surface area (TPSA) is 140 Å². The van der Waals surface area contributed by atoms with E-state index >= 15 is 0 Å². The molecule has 1 amide bonds. The van der Waals surface area contributed by atoms with Crippen LogP contribution in [0.3, 0.4) is 0 Å². The molecule has 40 heavy (non-hydrogen) atoms. The fourth-order valence-corrected chi connectivity index (χ4v) is 5.48. The zero-order valence-corrected chi connectivity index (χ0v) is 23.7. The number of nitrogens with zero attached hydrogens (tertiary/aromatic N) is 3. The first-order valence-electron chi connectivity index (χ1n) is 12.5. The van der Waals surface area contributed by atoms with E-state index in [9.17, 15) is 18.4 Å². The molecule has 4 aromatic rings. The number of anilines is 1. The molecule has 0 saturated carbocycles. The highest BCUT2D eigenvalue weighted by Crippen LogP contribution is 2.24. The van der Waals surface area contributed by atoms with Crippen LogP contribution in [0.5, 0.6) is 0 Å². The molecule has 0 aliphatic carbocycles. The Morgan fingerprint density at radius 2 is 1.57 bits per heavy atom. The highest BCUT2D eigenvalue weighted by molar-refractivity contribution is 7.89. The van der Waals surface area contributed by atoms with Gasteiger partial charge in [-0.2, -0.15) is 5.10 Å². The van der Waals surface area contributed by atoms with Gasteiger partial charge in [-0.05, 0) is 81.3 Å². The quantitative estimate of drug-likeness (QED) is 0.145. The van der Waals surface area contributed by atoms with Crippen molar-refractivity contribution in [3.05, 3.63) is 95.8 Å². The Morgan fingerprint density at radius 3 is 2.15 bits per heavy atom. The van der Waals surface area contributed by atoms with Crippen LogP contribution in [-0.2, 0) is 10.0 Å². The molecule has 0 fully saturated rings. The summed E-state index contributed by atoms with van der Waals surface area (Å²) in [5.41, 5.74) is 3.67. The third-order valence-electron chi connectivity index (χ3n) is 5.83. The summed E-state index contributed by atoms with van der Waals surface area (Å²) < 4.78 is 29.3. The largest absolute Gasteiger partial charge is 0.321 e. The summed E-state index contributed by atoms with van der Waals surface area (Å²) in [6.07, 6.45) is 0. The summed E-state index contributed by atoms with van der Waals surface area (Å²) in [5.74, 6) is -0.455.